The molecule has 72 heavy (non-hydrogen) atoms. The second-order valence-corrected chi connectivity index (χ2v) is 62.7. The normalized spacial score (nSPS) is 17.0. The molecule has 0 radical (unpaired) electrons. The molecule has 0 N–H and O–H groups in total. The van der Waals surface area contributed by atoms with Gasteiger partial charge in [-0.05, 0) is 0 Å². The van der Waals surface area contributed by atoms with Crippen LogP contribution in [0.1, 0.15) is 92.3 Å². The Kier molecular flexibility index (Phi) is 14.3. The van der Waals surface area contributed by atoms with Crippen molar-refractivity contribution in [3.63, 3.8) is 0 Å². The first-order valence-corrected chi connectivity index (χ1v) is 39.7. The van der Waals surface area contributed by atoms with E-state index in [-0.39, 0.29) is 46.2 Å². The van der Waals surface area contributed by atoms with Gasteiger partial charge in [-0.15, -0.1) is 0 Å². The van der Waals surface area contributed by atoms with E-state index in [1.54, 1.807) is 72.8 Å². The summed E-state index contributed by atoms with van der Waals surface area (Å²) in [5.41, 5.74) is -1.24. The quantitative estimate of drug-likeness (QED) is 0.0896. The second kappa shape index (κ2) is 19.1. The van der Waals surface area contributed by atoms with Crippen molar-refractivity contribution in [2.24, 2.45) is 11.8 Å². The summed E-state index contributed by atoms with van der Waals surface area (Å²) in [6.07, 6.45) is -16.2. The zero-order valence-corrected chi connectivity index (χ0v) is 44.9. The Morgan fingerprint density at radius 2 is 0.750 bits per heavy atom. The molecule has 0 saturated heterocycles. The van der Waals surface area contributed by atoms with Gasteiger partial charge in [-0.2, -0.15) is 0 Å². The van der Waals surface area contributed by atoms with Crippen molar-refractivity contribution in [2.45, 2.75) is 85.6 Å². The first-order chi connectivity index (χ1) is 33.4. The standard InChI is InChI=1S/2C27H21F6.C2H7Si.2ClH.Zr/c2*1-16(2)10-17-11-19-8-9-23(18-6-4-3-5-7-18)25(24(19)12-17)20-13-21(26(28,29)30)15-22(14-20)27(31,32)33;1-3-2;;;/h2*3-9,11-16H,10H2,1-2H3;3H,1-2H3;2*1H;/q;;;;;+2/p-2. The average Bonchev–Trinajstić information content (AvgIpc) is 3.85. The van der Waals surface area contributed by atoms with E-state index in [9.17, 15) is 52.7 Å². The zero-order chi connectivity index (χ0) is 52.7. The molecule has 0 heterocycles. The number of hydrogen-bond acceptors (Lipinski definition) is 0. The molecule has 379 valence electrons. The van der Waals surface area contributed by atoms with Gasteiger partial charge in [0.15, 0.2) is 0 Å². The topological polar surface area (TPSA) is 0 Å². The molecular weight excluding hydrogens is 1090 g/mol. The number of halogens is 14. The van der Waals surface area contributed by atoms with E-state index in [0.29, 0.717) is 57.3 Å². The summed E-state index contributed by atoms with van der Waals surface area (Å²) in [6, 6.07) is 27.3. The maximum absolute atomic E-state index is 14.6. The fourth-order valence-electron chi connectivity index (χ4n) is 11.0. The molecular formula is C56H49Cl2F12SiZr. The molecule has 0 amide bonds. The van der Waals surface area contributed by atoms with Crippen LogP contribution in [0.15, 0.2) is 132 Å². The molecule has 0 aliphatic heterocycles. The average molecular weight is 1140 g/mol. The maximum atomic E-state index is 14.6. The Bertz CT molecular complexity index is 2840. The van der Waals surface area contributed by atoms with Gasteiger partial charge in [0.05, 0.1) is 0 Å². The molecule has 0 bridgehead atoms. The third-order valence-electron chi connectivity index (χ3n) is 14.0. The SMILES string of the molecule is CC(C)CC1=Cc2c(ccc(-c3ccccc3)c2-c2cc(C(F)(F)F)cc(C(F)(F)F)c2)[CH]1[Zr]([Cl])([Cl])([CH]1C(CC(C)C)=Cc2c1ccc(-c1ccccc1)c2-c1cc(C(F)(F)F)cc(C(F)(F)F)c1)[SiH](C)C. The van der Waals surface area contributed by atoms with Gasteiger partial charge < -0.3 is 0 Å². The van der Waals surface area contributed by atoms with Gasteiger partial charge >= 0.3 is 422 Å². The molecule has 0 fully saturated rings. The van der Waals surface area contributed by atoms with Crippen LogP contribution >= 0.6 is 17.0 Å². The number of rotatable bonds is 11. The number of alkyl halides is 12. The van der Waals surface area contributed by atoms with Crippen molar-refractivity contribution < 1.29 is 68.2 Å². The van der Waals surface area contributed by atoms with Crippen molar-refractivity contribution in [1.29, 1.82) is 0 Å². The zero-order valence-electron chi connectivity index (χ0n) is 39.8. The molecule has 0 spiro atoms. The Labute approximate surface area is 419 Å². The van der Waals surface area contributed by atoms with Crippen LogP contribution in [0, 0.1) is 11.8 Å². The van der Waals surface area contributed by atoms with Crippen LogP contribution in [0.4, 0.5) is 52.7 Å². The van der Waals surface area contributed by atoms with E-state index in [0.717, 1.165) is 35.4 Å². The molecule has 2 atom stereocenters. The number of benzene rings is 6. The third-order valence-corrected chi connectivity index (χ3v) is 65.8. The predicted molar refractivity (Wildman–Crippen MR) is 266 cm³/mol. The van der Waals surface area contributed by atoms with Crippen molar-refractivity contribution in [1.82, 2.24) is 0 Å². The number of allylic oxidation sites excluding steroid dienone is 2. The summed E-state index contributed by atoms with van der Waals surface area (Å²) in [6.45, 7) is 11.9. The van der Waals surface area contributed by atoms with E-state index in [1.807, 2.05) is 65.1 Å². The Hall–Kier alpha value is -4.36. The van der Waals surface area contributed by atoms with Crippen molar-refractivity contribution in [3.05, 3.63) is 177 Å². The van der Waals surface area contributed by atoms with Crippen LogP contribution in [-0.2, 0) is 40.3 Å². The van der Waals surface area contributed by atoms with E-state index < -0.39 is 75.7 Å². The van der Waals surface area contributed by atoms with Gasteiger partial charge in [-0.1, -0.05) is 0 Å². The van der Waals surface area contributed by atoms with Crippen LogP contribution < -0.4 is 0 Å². The van der Waals surface area contributed by atoms with Crippen LogP contribution in [0.5, 0.6) is 0 Å². The molecule has 2 unspecified atom stereocenters. The van der Waals surface area contributed by atoms with Crippen LogP contribution in [-0.4, -0.2) is 5.92 Å². The third kappa shape index (κ3) is 10.00. The van der Waals surface area contributed by atoms with Gasteiger partial charge in [0.25, 0.3) is 0 Å². The predicted octanol–water partition coefficient (Wildman–Crippen LogP) is 20.1. The van der Waals surface area contributed by atoms with Gasteiger partial charge in [0, 0.05) is 0 Å². The number of fused-ring (bicyclic) bond motifs is 2. The van der Waals surface area contributed by atoms with E-state index >= 15 is 0 Å². The van der Waals surface area contributed by atoms with Crippen LogP contribution in [0.25, 0.3) is 56.7 Å². The van der Waals surface area contributed by atoms with Crippen LogP contribution in [0.2, 0.25) is 13.1 Å². The molecule has 2 aliphatic carbocycles. The summed E-state index contributed by atoms with van der Waals surface area (Å²) in [5, 5.41) is 0. The molecule has 8 rings (SSSR count). The monoisotopic (exact) mass is 1140 g/mol. The Morgan fingerprint density at radius 3 is 1.01 bits per heavy atom. The Balaban J connectivity index is 1.48. The van der Waals surface area contributed by atoms with Crippen molar-refractivity contribution in [3.8, 4) is 44.5 Å². The van der Waals surface area contributed by atoms with E-state index in [2.05, 4.69) is 0 Å². The molecule has 6 aromatic rings. The van der Waals surface area contributed by atoms with E-state index in [1.165, 1.54) is 0 Å². The number of hydrogen-bond donors (Lipinski definition) is 0. The van der Waals surface area contributed by atoms with Crippen LogP contribution in [0.3, 0.4) is 0 Å². The van der Waals surface area contributed by atoms with Gasteiger partial charge in [0.2, 0.25) is 0 Å². The summed E-state index contributed by atoms with van der Waals surface area (Å²) in [7, 11) is 17.5. The molecule has 6 aromatic carbocycles. The first kappa shape index (κ1) is 53.9. The fourth-order valence-corrected chi connectivity index (χ4v) is 42.4. The second-order valence-electron chi connectivity index (χ2n) is 20.2. The van der Waals surface area contributed by atoms with Gasteiger partial charge in [0.1, 0.15) is 0 Å². The summed E-state index contributed by atoms with van der Waals surface area (Å²) < 4.78 is 174. The molecule has 0 nitrogen and oxygen atoms in total. The van der Waals surface area contributed by atoms with E-state index in [4.69, 9.17) is 17.0 Å². The van der Waals surface area contributed by atoms with Gasteiger partial charge in [-0.3, -0.25) is 0 Å². The summed E-state index contributed by atoms with van der Waals surface area (Å²) in [4.78, 5) is 0. The minimum absolute atomic E-state index is 0.0537. The summed E-state index contributed by atoms with van der Waals surface area (Å²) in [5.74, 6) is -2.60. The fraction of sp³-hybridized carbons (Fsp3) is 0.286. The minimum atomic E-state index is -6.04. The molecule has 0 aromatic heterocycles. The molecule has 16 heteroatoms. The first-order valence-electron chi connectivity index (χ1n) is 23.4. The molecule has 0 saturated carbocycles. The van der Waals surface area contributed by atoms with Crippen molar-refractivity contribution in [2.75, 3.05) is 0 Å². The summed E-state index contributed by atoms with van der Waals surface area (Å²) >= 11 is -6.04. The van der Waals surface area contributed by atoms with Crippen molar-refractivity contribution >= 4 is 35.1 Å². The Morgan fingerprint density at radius 1 is 0.444 bits per heavy atom. The molecule has 2 aliphatic rings. The van der Waals surface area contributed by atoms with Gasteiger partial charge in [-0.25, -0.2) is 0 Å².